The second-order valence-corrected chi connectivity index (χ2v) is 2.10. The highest BCUT2D eigenvalue weighted by Gasteiger charge is 1.72. The minimum Gasteiger partial charge on any atom is -0.399 e. The molecule has 13 heavy (non-hydrogen) atoms. The number of aldehydes is 1. The minimum atomic E-state index is 0.115. The molecule has 3 N–H and O–H groups in total. The molecule has 0 spiro atoms. The van der Waals surface area contributed by atoms with E-state index in [1.54, 1.807) is 0 Å². The molecule has 1 amide bonds. The molecule has 0 aliphatic heterocycles. The Hall–Kier alpha value is -1.84. The van der Waals surface area contributed by atoms with Crippen LogP contribution in [0.1, 0.15) is 0 Å². The highest BCUT2D eigenvalue weighted by atomic mass is 16.1. The van der Waals surface area contributed by atoms with Crippen molar-refractivity contribution >= 4 is 18.4 Å². The molecular formula is C9H12N2O2. The third-order valence-electron chi connectivity index (χ3n) is 1.08. The maximum atomic E-state index is 9.34. The molecule has 0 aliphatic carbocycles. The summed E-state index contributed by atoms with van der Waals surface area (Å²) in [5, 5.41) is 2.15. The summed E-state index contributed by atoms with van der Waals surface area (Å²) in [6, 6.07) is 9.49. The number of carbonyl (C=O) groups is 2. The lowest BCUT2D eigenvalue weighted by Gasteiger charge is -1.83. The summed E-state index contributed by atoms with van der Waals surface area (Å²) in [6.07, 6.45) is 1.10. The quantitative estimate of drug-likeness (QED) is 0.396. The molecule has 4 nitrogen and oxygen atoms in total. The van der Waals surface area contributed by atoms with Gasteiger partial charge >= 0.3 is 0 Å². The van der Waals surface area contributed by atoms with Crippen LogP contribution >= 0.6 is 0 Å². The molecule has 0 radical (unpaired) electrons. The van der Waals surface area contributed by atoms with Gasteiger partial charge in [-0.05, 0) is 12.1 Å². The maximum absolute atomic E-state index is 9.34. The van der Waals surface area contributed by atoms with E-state index in [1.807, 2.05) is 30.3 Å². The van der Waals surface area contributed by atoms with E-state index in [2.05, 4.69) is 5.32 Å². The normalized spacial score (nSPS) is 7.69. The van der Waals surface area contributed by atoms with Crippen LogP contribution in [0.15, 0.2) is 30.3 Å². The summed E-state index contributed by atoms with van der Waals surface area (Å²) in [6.45, 7) is 0.115. The van der Waals surface area contributed by atoms with Gasteiger partial charge in [-0.15, -0.1) is 0 Å². The second-order valence-electron chi connectivity index (χ2n) is 2.10. The molecular weight excluding hydrogens is 168 g/mol. The molecule has 0 atom stereocenters. The van der Waals surface area contributed by atoms with Crippen LogP contribution < -0.4 is 11.1 Å². The molecule has 0 aromatic heterocycles. The van der Waals surface area contributed by atoms with E-state index in [0.717, 1.165) is 5.69 Å². The molecule has 1 aromatic rings. The Morgan fingerprint density at radius 1 is 1.23 bits per heavy atom. The van der Waals surface area contributed by atoms with Gasteiger partial charge in [0.1, 0.15) is 6.29 Å². The maximum Gasteiger partial charge on any atom is 0.207 e. The number of carbonyl (C=O) groups excluding carboxylic acids is 2. The van der Waals surface area contributed by atoms with Gasteiger partial charge in [-0.2, -0.15) is 0 Å². The molecule has 0 fully saturated rings. The SMILES string of the molecule is Nc1ccccc1.O=CCNC=O. The molecule has 0 aliphatic rings. The molecule has 70 valence electrons. The molecule has 0 heterocycles. The van der Waals surface area contributed by atoms with Crippen molar-refractivity contribution in [3.63, 3.8) is 0 Å². The molecule has 0 unspecified atom stereocenters. The van der Waals surface area contributed by atoms with Crippen molar-refractivity contribution in [2.45, 2.75) is 0 Å². The fourth-order valence-corrected chi connectivity index (χ4v) is 0.549. The lowest BCUT2D eigenvalue weighted by molar-refractivity contribution is -0.113. The first-order chi connectivity index (χ1) is 6.31. The van der Waals surface area contributed by atoms with Gasteiger partial charge in [-0.3, -0.25) is 4.79 Å². The zero-order valence-corrected chi connectivity index (χ0v) is 7.14. The van der Waals surface area contributed by atoms with Crippen LogP contribution in [0.5, 0.6) is 0 Å². The summed E-state index contributed by atoms with van der Waals surface area (Å²) < 4.78 is 0. The summed E-state index contributed by atoms with van der Waals surface area (Å²) in [7, 11) is 0. The van der Waals surface area contributed by atoms with E-state index in [4.69, 9.17) is 5.73 Å². The number of nitrogen functional groups attached to an aromatic ring is 1. The lowest BCUT2D eigenvalue weighted by atomic mass is 10.3. The van der Waals surface area contributed by atoms with Crippen molar-refractivity contribution in [1.82, 2.24) is 5.32 Å². The van der Waals surface area contributed by atoms with E-state index in [9.17, 15) is 9.59 Å². The molecule has 4 heteroatoms. The molecule has 0 saturated heterocycles. The van der Waals surface area contributed by atoms with Crippen LogP contribution in [0, 0.1) is 0 Å². The van der Waals surface area contributed by atoms with Crippen molar-refractivity contribution in [3.05, 3.63) is 30.3 Å². The van der Waals surface area contributed by atoms with Crippen molar-refractivity contribution in [3.8, 4) is 0 Å². The second kappa shape index (κ2) is 8.26. The Morgan fingerprint density at radius 3 is 2.08 bits per heavy atom. The van der Waals surface area contributed by atoms with Crippen LogP contribution in [-0.4, -0.2) is 19.2 Å². The van der Waals surface area contributed by atoms with E-state index in [1.165, 1.54) is 0 Å². The Bertz CT molecular complexity index is 229. The van der Waals surface area contributed by atoms with Crippen LogP contribution in [0.4, 0.5) is 5.69 Å². The molecule has 0 saturated carbocycles. The summed E-state index contributed by atoms with van der Waals surface area (Å²) in [4.78, 5) is 18.6. The lowest BCUT2D eigenvalue weighted by Crippen LogP contribution is -2.12. The monoisotopic (exact) mass is 180 g/mol. The van der Waals surface area contributed by atoms with Crippen LogP contribution in [0.25, 0.3) is 0 Å². The van der Waals surface area contributed by atoms with Gasteiger partial charge < -0.3 is 15.8 Å². The number of nitrogens with one attached hydrogen (secondary N) is 1. The zero-order chi connectivity index (χ0) is 9.94. The van der Waals surface area contributed by atoms with Crippen LogP contribution in [0.3, 0.4) is 0 Å². The first kappa shape index (κ1) is 11.2. The number of nitrogens with two attached hydrogens (primary N) is 1. The van der Waals surface area contributed by atoms with Crippen molar-refractivity contribution in [2.24, 2.45) is 0 Å². The zero-order valence-electron chi connectivity index (χ0n) is 7.14. The van der Waals surface area contributed by atoms with Crippen molar-refractivity contribution < 1.29 is 9.59 Å². The first-order valence-electron chi connectivity index (χ1n) is 3.72. The fraction of sp³-hybridized carbons (Fsp3) is 0.111. The number of hydrogen-bond acceptors (Lipinski definition) is 3. The van der Waals surface area contributed by atoms with E-state index in [0.29, 0.717) is 12.7 Å². The number of hydrogen-bond donors (Lipinski definition) is 2. The van der Waals surface area contributed by atoms with E-state index < -0.39 is 0 Å². The van der Waals surface area contributed by atoms with E-state index in [-0.39, 0.29) is 6.54 Å². The number of rotatable bonds is 3. The number of benzene rings is 1. The van der Waals surface area contributed by atoms with Gasteiger partial charge in [0, 0.05) is 5.69 Å². The van der Waals surface area contributed by atoms with Crippen LogP contribution in [0.2, 0.25) is 0 Å². The summed E-state index contributed by atoms with van der Waals surface area (Å²) in [5.41, 5.74) is 6.18. The number of amides is 1. The number of anilines is 1. The third-order valence-corrected chi connectivity index (χ3v) is 1.08. The average molecular weight is 180 g/mol. The minimum absolute atomic E-state index is 0.115. The van der Waals surface area contributed by atoms with Gasteiger partial charge in [0.15, 0.2) is 0 Å². The first-order valence-corrected chi connectivity index (χ1v) is 3.72. The van der Waals surface area contributed by atoms with Gasteiger partial charge in [0.2, 0.25) is 6.41 Å². The van der Waals surface area contributed by atoms with E-state index >= 15 is 0 Å². The number of para-hydroxylation sites is 1. The Morgan fingerprint density at radius 2 is 1.85 bits per heavy atom. The van der Waals surface area contributed by atoms with Crippen molar-refractivity contribution in [1.29, 1.82) is 0 Å². The Balaban J connectivity index is 0.000000226. The third kappa shape index (κ3) is 8.06. The average Bonchev–Trinajstić information content (AvgIpc) is 2.17. The molecule has 1 aromatic carbocycles. The summed E-state index contributed by atoms with van der Waals surface area (Å²) >= 11 is 0. The van der Waals surface area contributed by atoms with Gasteiger partial charge in [-0.25, -0.2) is 0 Å². The van der Waals surface area contributed by atoms with Crippen molar-refractivity contribution in [2.75, 3.05) is 12.3 Å². The largest absolute Gasteiger partial charge is 0.399 e. The predicted molar refractivity (Wildman–Crippen MR) is 51.0 cm³/mol. The smallest absolute Gasteiger partial charge is 0.207 e. The van der Waals surface area contributed by atoms with Gasteiger partial charge in [0.05, 0.1) is 6.54 Å². The van der Waals surface area contributed by atoms with Gasteiger partial charge in [-0.1, -0.05) is 18.2 Å². The van der Waals surface area contributed by atoms with Crippen LogP contribution in [-0.2, 0) is 9.59 Å². The molecule has 0 bridgehead atoms. The Labute approximate surface area is 76.7 Å². The van der Waals surface area contributed by atoms with Gasteiger partial charge in [0.25, 0.3) is 0 Å². The fourth-order valence-electron chi connectivity index (χ4n) is 0.549. The standard InChI is InChI=1S/C6H7N.C3H5NO2/c7-6-4-2-1-3-5-6;5-2-1-4-3-6/h1-5H,7H2;2-3H,1H2,(H,4,6). The summed E-state index contributed by atoms with van der Waals surface area (Å²) in [5.74, 6) is 0. The predicted octanol–water partition coefficient (Wildman–Crippen LogP) is 0.200. The molecule has 1 rings (SSSR count). The topological polar surface area (TPSA) is 72.2 Å². The highest BCUT2D eigenvalue weighted by Crippen LogP contribution is 1.95. The highest BCUT2D eigenvalue weighted by molar-refractivity contribution is 5.58. The Kier molecular flexibility index (Phi) is 7.09.